The van der Waals surface area contributed by atoms with Crippen molar-refractivity contribution in [3.63, 3.8) is 0 Å². The largest absolute Gasteiger partial charge is 0.479 e. The van der Waals surface area contributed by atoms with E-state index in [0.29, 0.717) is 6.07 Å². The Morgan fingerprint density at radius 2 is 2.00 bits per heavy atom. The fraction of sp³-hybridized carbons (Fsp3) is 0.500. The summed E-state index contributed by atoms with van der Waals surface area (Å²) in [5.41, 5.74) is -3.59. The average molecular weight is 392 g/mol. The first-order valence-corrected chi connectivity index (χ1v) is 7.72. The summed E-state index contributed by atoms with van der Waals surface area (Å²) in [5.74, 6) is -0.279. The molecule has 0 radical (unpaired) electrons. The number of rotatable bonds is 3. The molecule has 146 valence electrons. The fourth-order valence-corrected chi connectivity index (χ4v) is 2.46. The number of halogens is 6. The summed E-state index contributed by atoms with van der Waals surface area (Å²) >= 11 is 0. The van der Waals surface area contributed by atoms with Crippen LogP contribution in [-0.2, 0) is 10.9 Å². The van der Waals surface area contributed by atoms with Gasteiger partial charge in [0, 0.05) is 6.42 Å². The van der Waals surface area contributed by atoms with Crippen LogP contribution in [0.4, 0.5) is 32.0 Å². The molecule has 2 rings (SSSR count). The zero-order chi connectivity index (χ0) is 20.5. The Labute approximate surface area is 150 Å². The quantitative estimate of drug-likeness (QED) is 0.404. The highest BCUT2D eigenvalue weighted by molar-refractivity contribution is 5.88. The predicted molar refractivity (Wildman–Crippen MR) is 82.6 cm³/mol. The van der Waals surface area contributed by atoms with E-state index in [4.69, 9.17) is 10.00 Å². The molecule has 1 aliphatic heterocycles. The van der Waals surface area contributed by atoms with E-state index in [-0.39, 0.29) is 18.2 Å². The van der Waals surface area contributed by atoms with Crippen molar-refractivity contribution in [3.05, 3.63) is 29.3 Å². The van der Waals surface area contributed by atoms with Gasteiger partial charge in [-0.2, -0.15) is 41.8 Å². The van der Waals surface area contributed by atoms with Gasteiger partial charge < -0.3 is 4.74 Å². The van der Waals surface area contributed by atoms with Crippen LogP contribution in [-0.4, -0.2) is 30.3 Å². The molecule has 11 heteroatoms. The van der Waals surface area contributed by atoms with Gasteiger partial charge in [-0.05, 0) is 32.0 Å². The van der Waals surface area contributed by atoms with Crippen LogP contribution in [0.3, 0.4) is 0 Å². The Morgan fingerprint density at radius 3 is 2.48 bits per heavy atom. The van der Waals surface area contributed by atoms with Crippen LogP contribution in [0.1, 0.15) is 31.4 Å². The van der Waals surface area contributed by atoms with Gasteiger partial charge in [0.2, 0.25) is 5.90 Å². The van der Waals surface area contributed by atoms with E-state index < -0.39 is 41.5 Å². The van der Waals surface area contributed by atoms with E-state index in [0.717, 1.165) is 12.1 Å². The lowest BCUT2D eigenvalue weighted by Crippen LogP contribution is -2.37. The third kappa shape index (κ3) is 4.56. The van der Waals surface area contributed by atoms with E-state index in [1.807, 2.05) is 0 Å². The number of benzene rings is 1. The first-order valence-electron chi connectivity index (χ1n) is 7.72. The Morgan fingerprint density at radius 1 is 1.33 bits per heavy atom. The van der Waals surface area contributed by atoms with Gasteiger partial charge in [-0.25, -0.2) is 4.99 Å². The summed E-state index contributed by atoms with van der Waals surface area (Å²) in [6.45, 7) is 2.88. The first kappa shape index (κ1) is 20.7. The van der Waals surface area contributed by atoms with E-state index in [9.17, 15) is 26.3 Å². The minimum atomic E-state index is -4.79. The minimum Gasteiger partial charge on any atom is -0.479 e. The summed E-state index contributed by atoms with van der Waals surface area (Å²) in [4.78, 5) is 3.93. The number of hydrogen-bond acceptors (Lipinski definition) is 5. The molecule has 1 aromatic rings. The van der Waals surface area contributed by atoms with Crippen LogP contribution in [0.15, 0.2) is 33.4 Å². The SMILES string of the molecule is CCOC(=Nc1ccc(C#N)c(C(F)(F)F)c1)C1(C)CC(C(F)(F)F)N=N1. The lowest BCUT2D eigenvalue weighted by atomic mass is 9.95. The number of aliphatic imine (C=N–C) groups is 1. The van der Waals surface area contributed by atoms with Crippen molar-refractivity contribution in [2.75, 3.05) is 6.61 Å². The average Bonchev–Trinajstić information content (AvgIpc) is 2.97. The lowest BCUT2D eigenvalue weighted by molar-refractivity contribution is -0.147. The van der Waals surface area contributed by atoms with Crippen molar-refractivity contribution in [2.24, 2.45) is 15.2 Å². The molecule has 0 spiro atoms. The molecule has 0 N–H and O–H groups in total. The highest BCUT2D eigenvalue weighted by Gasteiger charge is 2.51. The monoisotopic (exact) mass is 392 g/mol. The molecule has 27 heavy (non-hydrogen) atoms. The molecule has 0 fully saturated rings. The Balaban J connectivity index is 2.45. The fourth-order valence-electron chi connectivity index (χ4n) is 2.46. The Kier molecular flexibility index (Phi) is 5.49. The second-order valence-electron chi connectivity index (χ2n) is 5.94. The van der Waals surface area contributed by atoms with Crippen LogP contribution in [0.2, 0.25) is 0 Å². The molecule has 0 saturated heterocycles. The van der Waals surface area contributed by atoms with Crippen molar-refractivity contribution in [3.8, 4) is 6.07 Å². The van der Waals surface area contributed by atoms with Crippen LogP contribution in [0, 0.1) is 11.3 Å². The zero-order valence-electron chi connectivity index (χ0n) is 14.2. The number of azo groups is 1. The van der Waals surface area contributed by atoms with Gasteiger partial charge in [-0.1, -0.05) is 0 Å². The third-order valence-electron chi connectivity index (χ3n) is 3.79. The Hall–Kier alpha value is -2.64. The maximum Gasteiger partial charge on any atom is 0.417 e. The highest BCUT2D eigenvalue weighted by Crippen LogP contribution is 2.39. The lowest BCUT2D eigenvalue weighted by Gasteiger charge is -2.22. The molecular weight excluding hydrogens is 378 g/mol. The zero-order valence-corrected chi connectivity index (χ0v) is 14.2. The van der Waals surface area contributed by atoms with Gasteiger partial charge in [0.1, 0.15) is 0 Å². The number of ether oxygens (including phenoxy) is 1. The molecule has 1 aromatic carbocycles. The summed E-state index contributed by atoms with van der Waals surface area (Å²) in [7, 11) is 0. The van der Waals surface area contributed by atoms with Gasteiger partial charge in [-0.3, -0.25) is 0 Å². The van der Waals surface area contributed by atoms with Gasteiger partial charge >= 0.3 is 12.4 Å². The van der Waals surface area contributed by atoms with Crippen LogP contribution < -0.4 is 0 Å². The smallest absolute Gasteiger partial charge is 0.417 e. The molecule has 2 atom stereocenters. The molecule has 0 bridgehead atoms. The second kappa shape index (κ2) is 7.17. The standard InChI is InChI=1S/C16H14F6N4O/c1-3-27-13(14(2)7-12(25-26-14)16(20,21)22)24-10-5-4-9(8-23)11(6-10)15(17,18)19/h4-6,12H,3,7H2,1-2H3. The van der Waals surface area contributed by atoms with E-state index in [2.05, 4.69) is 15.2 Å². The molecule has 1 heterocycles. The normalized spacial score (nSPS) is 23.4. The Bertz CT molecular complexity index is 809. The van der Waals surface area contributed by atoms with Gasteiger partial charge in [-0.15, -0.1) is 0 Å². The van der Waals surface area contributed by atoms with Crippen LogP contribution in [0.25, 0.3) is 0 Å². The predicted octanol–water partition coefficient (Wildman–Crippen LogP) is 5.19. The van der Waals surface area contributed by atoms with Gasteiger partial charge in [0.25, 0.3) is 0 Å². The molecule has 2 unspecified atom stereocenters. The molecule has 0 aromatic heterocycles. The van der Waals surface area contributed by atoms with E-state index >= 15 is 0 Å². The van der Waals surface area contributed by atoms with Gasteiger partial charge in [0.05, 0.1) is 29.5 Å². The topological polar surface area (TPSA) is 70.1 Å². The second-order valence-corrected chi connectivity index (χ2v) is 5.94. The van der Waals surface area contributed by atoms with E-state index in [1.165, 1.54) is 13.0 Å². The minimum absolute atomic E-state index is 0.0169. The number of alkyl halides is 6. The van der Waals surface area contributed by atoms with Crippen molar-refractivity contribution in [1.82, 2.24) is 0 Å². The van der Waals surface area contributed by atoms with Crippen molar-refractivity contribution >= 4 is 11.6 Å². The third-order valence-corrected chi connectivity index (χ3v) is 3.79. The number of nitriles is 1. The summed E-state index contributed by atoms with van der Waals surface area (Å²) < 4.78 is 83.0. The van der Waals surface area contributed by atoms with Crippen LogP contribution >= 0.6 is 0 Å². The molecule has 0 amide bonds. The van der Waals surface area contributed by atoms with Crippen molar-refractivity contribution in [1.29, 1.82) is 5.26 Å². The molecule has 0 saturated carbocycles. The van der Waals surface area contributed by atoms with Crippen LogP contribution in [0.5, 0.6) is 0 Å². The first-order chi connectivity index (χ1) is 12.4. The molecule has 5 nitrogen and oxygen atoms in total. The summed E-state index contributed by atoms with van der Waals surface area (Å²) in [5, 5.41) is 15.6. The van der Waals surface area contributed by atoms with Gasteiger partial charge in [0.15, 0.2) is 11.6 Å². The maximum atomic E-state index is 13.1. The van der Waals surface area contributed by atoms with E-state index in [1.54, 1.807) is 6.92 Å². The molecule has 1 aliphatic rings. The highest BCUT2D eigenvalue weighted by atomic mass is 19.4. The summed E-state index contributed by atoms with van der Waals surface area (Å²) in [6, 6.07) is 2.10. The summed E-state index contributed by atoms with van der Waals surface area (Å²) in [6.07, 6.45) is -9.96. The maximum absolute atomic E-state index is 13.1. The van der Waals surface area contributed by atoms with Crippen molar-refractivity contribution < 1.29 is 31.1 Å². The number of hydrogen-bond donors (Lipinski definition) is 0. The van der Waals surface area contributed by atoms with Crippen molar-refractivity contribution in [2.45, 2.75) is 44.2 Å². The molecule has 0 aliphatic carbocycles. The number of nitrogens with zero attached hydrogens (tertiary/aromatic N) is 4. The molecular formula is C16H14F6N4O.